The molecule has 6 heteroatoms. The molecular formula is CH5N4O2+. The van der Waals surface area contributed by atoms with E-state index in [1.807, 2.05) is 0 Å². The average molecular weight is 105 g/mol. The van der Waals surface area contributed by atoms with Crippen molar-refractivity contribution in [2.24, 2.45) is 16.6 Å². The van der Waals surface area contributed by atoms with Crippen LogP contribution in [0.2, 0.25) is 0 Å². The maximum Gasteiger partial charge on any atom is 0.391 e. The van der Waals surface area contributed by atoms with Crippen LogP contribution in [0.25, 0.3) is 0 Å². The van der Waals surface area contributed by atoms with Gasteiger partial charge >= 0.3 is 5.03 Å². The van der Waals surface area contributed by atoms with Gasteiger partial charge in [0.05, 0.1) is 0 Å². The quantitative estimate of drug-likeness (QED) is 0.211. The Bertz CT molecular complexity index is 102. The average Bonchev–Trinajstić information content (AvgIpc) is 1.27. The number of rotatable bonds is 1. The molecular weight excluding hydrogens is 100 g/mol. The van der Waals surface area contributed by atoms with E-state index in [0.717, 1.165) is 0 Å². The molecule has 0 aromatic heterocycles. The van der Waals surface area contributed by atoms with Crippen LogP contribution in [-0.4, -0.2) is 16.2 Å². The third-order valence-electron chi connectivity index (χ3n) is 0.201. The predicted molar refractivity (Wildman–Crippen MR) is 21.2 cm³/mol. The first-order chi connectivity index (χ1) is 3.13. The van der Waals surface area contributed by atoms with Crippen molar-refractivity contribution in [2.75, 3.05) is 0 Å². The van der Waals surface area contributed by atoms with Crippen LogP contribution in [0.4, 0.5) is 0 Å². The first-order valence-electron chi connectivity index (χ1n) is 1.38. The van der Waals surface area contributed by atoms with Gasteiger partial charge in [0.25, 0.3) is 5.96 Å². The predicted octanol–water partition coefficient (Wildman–Crippen LogP) is -1.66. The van der Waals surface area contributed by atoms with Gasteiger partial charge in [0.1, 0.15) is 10.0 Å². The molecule has 6 nitrogen and oxygen atoms in total. The third kappa shape index (κ3) is 4.67. The lowest BCUT2D eigenvalue weighted by molar-refractivity contribution is -0.796. The third-order valence-corrected chi connectivity index (χ3v) is 0.201. The van der Waals surface area contributed by atoms with Gasteiger partial charge in [0.15, 0.2) is 0 Å². The normalized spacial score (nSPS) is 7.43. The fraction of sp³-hybridized carbons (Fsp3) is 0. The summed E-state index contributed by atoms with van der Waals surface area (Å²) in [5.74, 6) is -0.475. The minimum absolute atomic E-state index is 0.475. The summed E-state index contributed by atoms with van der Waals surface area (Å²) in [4.78, 5) is 9.38. The molecule has 0 amide bonds. The molecule has 0 saturated carbocycles. The molecule has 40 valence electrons. The highest BCUT2D eigenvalue weighted by molar-refractivity contribution is 5.74. The molecule has 0 radical (unpaired) electrons. The molecule has 0 unspecified atom stereocenters. The lowest BCUT2D eigenvalue weighted by Gasteiger charge is -1.71. The van der Waals surface area contributed by atoms with Gasteiger partial charge in [-0.05, 0) is 0 Å². The number of hydrogen-bond acceptors (Lipinski definition) is 1. The molecule has 0 fully saturated rings. The maximum atomic E-state index is 9.38. The van der Waals surface area contributed by atoms with Gasteiger partial charge in [0, 0.05) is 0 Å². The second-order valence-electron chi connectivity index (χ2n) is 0.778. The van der Waals surface area contributed by atoms with Crippen molar-refractivity contribution in [1.82, 2.24) is 0 Å². The van der Waals surface area contributed by atoms with Gasteiger partial charge in [0.2, 0.25) is 0 Å². The summed E-state index contributed by atoms with van der Waals surface area (Å²) in [5.41, 5.74) is 9.24. The number of guanidine groups is 1. The first kappa shape index (κ1) is 5.67. The van der Waals surface area contributed by atoms with E-state index in [0.29, 0.717) is 0 Å². The molecule has 0 aliphatic rings. The Labute approximate surface area is 38.9 Å². The Morgan fingerprint density at radius 2 is 2.14 bits per heavy atom. The lowest BCUT2D eigenvalue weighted by atomic mass is 11.1. The van der Waals surface area contributed by atoms with E-state index in [2.05, 4.69) is 16.6 Å². The van der Waals surface area contributed by atoms with Crippen LogP contribution in [0, 0.1) is 4.91 Å². The van der Waals surface area contributed by atoms with Crippen molar-refractivity contribution >= 4 is 5.96 Å². The van der Waals surface area contributed by atoms with E-state index in [9.17, 15) is 4.91 Å². The molecule has 0 saturated heterocycles. The van der Waals surface area contributed by atoms with E-state index in [-0.39, 0.29) is 0 Å². The zero-order valence-corrected chi connectivity index (χ0v) is 3.40. The lowest BCUT2D eigenvalue weighted by Crippen LogP contribution is -2.24. The molecule has 5 N–H and O–H groups in total. The Morgan fingerprint density at radius 1 is 1.71 bits per heavy atom. The fourth-order valence-corrected chi connectivity index (χ4v) is 0.0988. The largest absolute Gasteiger partial charge is 0.391 e. The molecule has 0 rings (SSSR count). The molecule has 0 aromatic rings. The Kier molecular flexibility index (Phi) is 1.58. The van der Waals surface area contributed by atoms with Crippen molar-refractivity contribution in [2.45, 2.75) is 0 Å². The minimum Gasteiger partial charge on any atom is -0.365 e. The fourth-order valence-electron chi connectivity index (χ4n) is 0.0988. The van der Waals surface area contributed by atoms with Crippen LogP contribution >= 0.6 is 0 Å². The SMILES string of the molecule is NC(N)=N[N+](=O)O. The zero-order valence-electron chi connectivity index (χ0n) is 3.40. The highest BCUT2D eigenvalue weighted by Gasteiger charge is 1.96. The van der Waals surface area contributed by atoms with E-state index in [1.54, 1.807) is 0 Å². The molecule has 0 heterocycles. The number of nitrogens with zero attached hydrogens (tertiary/aromatic N) is 2. The second-order valence-corrected chi connectivity index (χ2v) is 0.778. The Balaban J connectivity index is 3.68. The first-order valence-corrected chi connectivity index (χ1v) is 1.38. The molecule has 0 spiro atoms. The number of hydrogen-bond donors (Lipinski definition) is 3. The van der Waals surface area contributed by atoms with Crippen molar-refractivity contribution in [3.8, 4) is 0 Å². The molecule has 0 atom stereocenters. The molecule has 0 aliphatic carbocycles. The molecule has 0 aromatic carbocycles. The Morgan fingerprint density at radius 3 is 2.14 bits per heavy atom. The van der Waals surface area contributed by atoms with Crippen LogP contribution < -0.4 is 11.5 Å². The van der Waals surface area contributed by atoms with Crippen molar-refractivity contribution in [1.29, 1.82) is 0 Å². The van der Waals surface area contributed by atoms with Gasteiger partial charge in [-0.1, -0.05) is 0 Å². The van der Waals surface area contributed by atoms with E-state index in [1.165, 1.54) is 0 Å². The van der Waals surface area contributed by atoms with Crippen molar-refractivity contribution < 1.29 is 10.2 Å². The van der Waals surface area contributed by atoms with E-state index in [4.69, 9.17) is 5.21 Å². The van der Waals surface area contributed by atoms with Crippen molar-refractivity contribution in [3.05, 3.63) is 4.91 Å². The Hall–Kier alpha value is -1.33. The van der Waals surface area contributed by atoms with E-state index < -0.39 is 11.0 Å². The van der Waals surface area contributed by atoms with Crippen LogP contribution in [0.1, 0.15) is 0 Å². The summed E-state index contributed by atoms with van der Waals surface area (Å²) >= 11 is 0. The van der Waals surface area contributed by atoms with Gasteiger partial charge in [-0.15, -0.1) is 0 Å². The summed E-state index contributed by atoms with van der Waals surface area (Å²) < 4.78 is 0. The topological polar surface area (TPSA) is 105 Å². The van der Waals surface area contributed by atoms with E-state index >= 15 is 0 Å². The highest BCUT2D eigenvalue weighted by Crippen LogP contribution is 1.58. The summed E-state index contributed by atoms with van der Waals surface area (Å²) in [6, 6.07) is 0. The molecule has 0 bridgehead atoms. The highest BCUT2D eigenvalue weighted by atomic mass is 16.7. The molecule has 0 aliphatic heterocycles. The second kappa shape index (κ2) is 1.96. The number of hydrazone groups is 1. The van der Waals surface area contributed by atoms with Crippen LogP contribution in [0.15, 0.2) is 5.10 Å². The number of nitrogens with two attached hydrogens (primary N) is 2. The van der Waals surface area contributed by atoms with Gasteiger partial charge in [-0.25, -0.2) is 5.21 Å². The van der Waals surface area contributed by atoms with Crippen LogP contribution in [0.5, 0.6) is 0 Å². The monoisotopic (exact) mass is 105 g/mol. The van der Waals surface area contributed by atoms with Crippen LogP contribution in [0.3, 0.4) is 0 Å². The summed E-state index contributed by atoms with van der Waals surface area (Å²) in [6.45, 7) is 0. The van der Waals surface area contributed by atoms with Gasteiger partial charge < -0.3 is 11.5 Å². The smallest absolute Gasteiger partial charge is 0.365 e. The summed E-state index contributed by atoms with van der Waals surface area (Å²) in [5, 5.41) is 9.52. The van der Waals surface area contributed by atoms with Crippen molar-refractivity contribution in [3.63, 3.8) is 0 Å². The van der Waals surface area contributed by atoms with Gasteiger partial charge in [-0.3, -0.25) is 0 Å². The summed E-state index contributed by atoms with van der Waals surface area (Å²) in [6.07, 6.45) is 0. The zero-order chi connectivity index (χ0) is 5.86. The standard InChI is InChI=1S/CH5N4O2/c2-1(3)4-5(6)7/h(H,6,7)(H4,2,3,4)/q+1. The maximum absolute atomic E-state index is 9.38. The van der Waals surface area contributed by atoms with Gasteiger partial charge in [-0.2, -0.15) is 0 Å². The summed E-state index contributed by atoms with van der Waals surface area (Å²) in [7, 11) is 0. The molecule has 7 heavy (non-hydrogen) atoms. The van der Waals surface area contributed by atoms with Crippen LogP contribution in [-0.2, 0) is 0 Å². The minimum atomic E-state index is -0.713.